The molecule has 2 N–H and O–H groups in total. The van der Waals surface area contributed by atoms with Crippen LogP contribution < -0.4 is 10.6 Å². The summed E-state index contributed by atoms with van der Waals surface area (Å²) >= 11 is 0. The van der Waals surface area contributed by atoms with Crippen molar-refractivity contribution in [2.75, 3.05) is 19.6 Å². The second-order valence-electron chi connectivity index (χ2n) is 2.49. The molecule has 1 radical (unpaired) electrons. The van der Waals surface area contributed by atoms with Crippen LogP contribution in [0.4, 0.5) is 0 Å². The van der Waals surface area contributed by atoms with Gasteiger partial charge < -0.3 is 10.6 Å². The lowest BCUT2D eigenvalue weighted by molar-refractivity contribution is 0.137. The van der Waals surface area contributed by atoms with E-state index >= 15 is 0 Å². The van der Waals surface area contributed by atoms with Crippen molar-refractivity contribution in [1.29, 1.82) is 0 Å². The van der Waals surface area contributed by atoms with Crippen molar-refractivity contribution in [3.05, 3.63) is 6.54 Å². The summed E-state index contributed by atoms with van der Waals surface area (Å²) in [6, 6.07) is 0. The summed E-state index contributed by atoms with van der Waals surface area (Å²) in [4.78, 5) is 0. The molecule has 2 fully saturated rings. The Kier molecular flexibility index (Phi) is 0.557. The van der Waals surface area contributed by atoms with E-state index in [2.05, 4.69) is 17.2 Å². The van der Waals surface area contributed by atoms with E-state index in [0.717, 1.165) is 0 Å². The van der Waals surface area contributed by atoms with Crippen LogP contribution in [0.25, 0.3) is 0 Å². The van der Waals surface area contributed by atoms with Crippen molar-refractivity contribution in [2.24, 2.45) is 5.41 Å². The Morgan fingerprint density at radius 2 is 2.00 bits per heavy atom. The first kappa shape index (κ1) is 3.87. The van der Waals surface area contributed by atoms with E-state index in [4.69, 9.17) is 0 Å². The highest BCUT2D eigenvalue weighted by Crippen LogP contribution is 2.29. The van der Waals surface area contributed by atoms with Crippen LogP contribution in [0.3, 0.4) is 0 Å². The van der Waals surface area contributed by atoms with Gasteiger partial charge in [0.1, 0.15) is 0 Å². The van der Waals surface area contributed by atoms with Crippen LogP contribution in [-0.2, 0) is 0 Å². The first-order chi connectivity index (χ1) is 3.41. The molecule has 0 atom stereocenters. The number of hydrogen-bond donors (Lipinski definition) is 2. The Morgan fingerprint density at radius 3 is 2.00 bits per heavy atom. The lowest BCUT2D eigenvalue weighted by Crippen LogP contribution is -2.66. The predicted octanol–water partition coefficient (Wildman–Crippen LogP) is -0.659. The van der Waals surface area contributed by atoms with Gasteiger partial charge >= 0.3 is 0 Å². The summed E-state index contributed by atoms with van der Waals surface area (Å²) in [7, 11) is 0. The molecule has 2 saturated heterocycles. The van der Waals surface area contributed by atoms with Gasteiger partial charge in [-0.05, 0) is 0 Å². The fourth-order valence-corrected chi connectivity index (χ4v) is 1.06. The fraction of sp³-hybridized carbons (Fsp3) is 0.800. The van der Waals surface area contributed by atoms with Crippen molar-refractivity contribution < 1.29 is 0 Å². The molecule has 0 aromatic carbocycles. The van der Waals surface area contributed by atoms with Crippen LogP contribution in [-0.4, -0.2) is 19.6 Å². The number of rotatable bonds is 0. The van der Waals surface area contributed by atoms with Crippen LogP contribution in [0, 0.1) is 12.0 Å². The van der Waals surface area contributed by atoms with Gasteiger partial charge in [0.15, 0.2) is 0 Å². The van der Waals surface area contributed by atoms with Crippen LogP contribution in [0.5, 0.6) is 0 Å². The minimum atomic E-state index is 0.597. The third kappa shape index (κ3) is 0.359. The van der Waals surface area contributed by atoms with E-state index in [1.807, 2.05) is 0 Å². The minimum absolute atomic E-state index is 0.597. The Bertz CT molecular complexity index is 66.6. The quantitative estimate of drug-likeness (QED) is 0.419. The van der Waals surface area contributed by atoms with Crippen molar-refractivity contribution in [3.63, 3.8) is 0 Å². The second-order valence-corrected chi connectivity index (χ2v) is 2.49. The van der Waals surface area contributed by atoms with E-state index in [-0.39, 0.29) is 0 Å². The summed E-state index contributed by atoms with van der Waals surface area (Å²) in [6.07, 6.45) is 0. The molecule has 0 aromatic rings. The summed E-state index contributed by atoms with van der Waals surface area (Å²) < 4.78 is 0. The maximum Gasteiger partial charge on any atom is 0.0321 e. The van der Waals surface area contributed by atoms with E-state index < -0.39 is 0 Å². The van der Waals surface area contributed by atoms with Crippen molar-refractivity contribution >= 4 is 0 Å². The van der Waals surface area contributed by atoms with Gasteiger partial charge in [-0.3, -0.25) is 0 Å². The molecule has 2 aliphatic rings. The van der Waals surface area contributed by atoms with Gasteiger partial charge in [-0.2, -0.15) is 0 Å². The van der Waals surface area contributed by atoms with Crippen LogP contribution >= 0.6 is 0 Å². The molecule has 0 bridgehead atoms. The summed E-state index contributed by atoms with van der Waals surface area (Å²) in [5, 5.41) is 6.37. The zero-order chi connectivity index (χ0) is 4.74. The maximum atomic E-state index is 3.23. The van der Waals surface area contributed by atoms with Gasteiger partial charge in [-0.1, -0.05) is 0 Å². The molecule has 2 heterocycles. The molecule has 0 aliphatic carbocycles. The van der Waals surface area contributed by atoms with E-state index in [1.165, 1.54) is 19.6 Å². The first-order valence-electron chi connectivity index (χ1n) is 2.70. The smallest absolute Gasteiger partial charge is 0.0321 e. The molecule has 0 amide bonds. The van der Waals surface area contributed by atoms with E-state index in [1.54, 1.807) is 0 Å². The first-order valence-corrected chi connectivity index (χ1v) is 2.70. The third-order valence-corrected chi connectivity index (χ3v) is 1.82. The largest absolute Gasteiger partial charge is 0.315 e. The Hall–Kier alpha value is -0.0800. The third-order valence-electron chi connectivity index (χ3n) is 1.82. The highest BCUT2D eigenvalue weighted by Gasteiger charge is 2.42. The molecule has 0 saturated carbocycles. The van der Waals surface area contributed by atoms with E-state index in [0.29, 0.717) is 5.41 Å². The average Bonchev–Trinajstić information content (AvgIpc) is 1.20. The molecule has 2 heteroatoms. The van der Waals surface area contributed by atoms with Gasteiger partial charge in [-0.15, -0.1) is 0 Å². The molecule has 39 valence electrons. The lowest BCUT2D eigenvalue weighted by Gasteiger charge is -2.49. The topological polar surface area (TPSA) is 24.1 Å². The average molecular weight is 97.1 g/mol. The van der Waals surface area contributed by atoms with E-state index in [9.17, 15) is 0 Å². The highest BCUT2D eigenvalue weighted by atomic mass is 15.1. The highest BCUT2D eigenvalue weighted by molar-refractivity contribution is 5.09. The van der Waals surface area contributed by atoms with Crippen molar-refractivity contribution in [1.82, 2.24) is 10.6 Å². The van der Waals surface area contributed by atoms with Gasteiger partial charge in [0.2, 0.25) is 0 Å². The van der Waals surface area contributed by atoms with Gasteiger partial charge in [0.05, 0.1) is 0 Å². The van der Waals surface area contributed by atoms with Gasteiger partial charge in [0.25, 0.3) is 0 Å². The SMILES string of the molecule is [CH]1NCC12CNC2. The molecular formula is C5H9N2. The molecule has 2 rings (SSSR count). The molecule has 1 spiro atoms. The Balaban J connectivity index is 2.00. The normalized spacial score (nSPS) is 34.3. The molecule has 2 nitrogen and oxygen atoms in total. The molecular weight excluding hydrogens is 88.1 g/mol. The summed E-state index contributed by atoms with van der Waals surface area (Å²) in [6.45, 7) is 5.78. The maximum absolute atomic E-state index is 3.23. The fourth-order valence-electron chi connectivity index (χ4n) is 1.06. The predicted molar refractivity (Wildman–Crippen MR) is 27.6 cm³/mol. The summed E-state index contributed by atoms with van der Waals surface area (Å²) in [5.74, 6) is 0. The lowest BCUT2D eigenvalue weighted by atomic mass is 9.76. The van der Waals surface area contributed by atoms with Gasteiger partial charge in [-0.25, -0.2) is 0 Å². The Labute approximate surface area is 43.3 Å². The summed E-state index contributed by atoms with van der Waals surface area (Å²) in [5.41, 5.74) is 0.597. The van der Waals surface area contributed by atoms with Crippen molar-refractivity contribution in [2.45, 2.75) is 0 Å². The van der Waals surface area contributed by atoms with Crippen LogP contribution in [0.1, 0.15) is 0 Å². The van der Waals surface area contributed by atoms with Gasteiger partial charge in [0, 0.05) is 31.6 Å². The second kappa shape index (κ2) is 1.01. The van der Waals surface area contributed by atoms with Crippen molar-refractivity contribution in [3.8, 4) is 0 Å². The van der Waals surface area contributed by atoms with Crippen LogP contribution in [0.2, 0.25) is 0 Å². The zero-order valence-corrected chi connectivity index (χ0v) is 4.20. The zero-order valence-electron chi connectivity index (χ0n) is 4.20. The Morgan fingerprint density at radius 1 is 1.29 bits per heavy atom. The molecule has 0 aromatic heterocycles. The molecule has 0 unspecified atom stereocenters. The molecule has 7 heavy (non-hydrogen) atoms. The monoisotopic (exact) mass is 97.1 g/mol. The molecule has 2 aliphatic heterocycles. The van der Waals surface area contributed by atoms with Crippen LogP contribution in [0.15, 0.2) is 0 Å². The standard InChI is InChI=1S/C5H9N2/c1-5(2-6-1)3-7-4-5/h1,6-7H,2-4H2. The minimum Gasteiger partial charge on any atom is -0.315 e. The number of hydrogen-bond acceptors (Lipinski definition) is 2. The number of nitrogens with one attached hydrogen (secondary N) is 2.